The first-order valence-electron chi connectivity index (χ1n) is 7.16. The third kappa shape index (κ3) is 2.70. The maximum absolute atomic E-state index is 12.5. The monoisotopic (exact) mass is 293 g/mol. The van der Waals surface area contributed by atoms with E-state index in [0.717, 1.165) is 18.4 Å². The lowest BCUT2D eigenvalue weighted by Gasteiger charge is -2.45. The molecule has 0 aromatic heterocycles. The number of benzene rings is 1. The normalized spacial score (nSPS) is 25.6. The van der Waals surface area contributed by atoms with Crippen LogP contribution in [0.2, 0.25) is 5.02 Å². The summed E-state index contributed by atoms with van der Waals surface area (Å²) in [5.74, 6) is 0.526. The fourth-order valence-corrected chi connectivity index (χ4v) is 2.89. The van der Waals surface area contributed by atoms with Gasteiger partial charge in [0, 0.05) is 10.9 Å². The number of morpholine rings is 1. The lowest BCUT2D eigenvalue weighted by atomic mass is 9.97. The molecule has 0 bridgehead atoms. The van der Waals surface area contributed by atoms with Crippen molar-refractivity contribution in [3.63, 3.8) is 0 Å². The van der Waals surface area contributed by atoms with Gasteiger partial charge >= 0.3 is 0 Å². The number of carbonyl (C=O) groups excluding carboxylic acids is 1. The van der Waals surface area contributed by atoms with Crippen LogP contribution in [0.5, 0.6) is 0 Å². The van der Waals surface area contributed by atoms with E-state index in [1.807, 2.05) is 29.2 Å². The highest BCUT2D eigenvalue weighted by molar-refractivity contribution is 6.30. The molecular weight excluding hydrogens is 274 g/mol. The van der Waals surface area contributed by atoms with Gasteiger partial charge in [0.15, 0.2) is 0 Å². The molecule has 0 N–H and O–H groups in total. The first-order valence-corrected chi connectivity index (χ1v) is 7.54. The smallest absolute Gasteiger partial charge is 0.226 e. The van der Waals surface area contributed by atoms with Gasteiger partial charge in [0.25, 0.3) is 0 Å². The summed E-state index contributed by atoms with van der Waals surface area (Å²) in [4.78, 5) is 14.5. The van der Waals surface area contributed by atoms with E-state index in [2.05, 4.69) is 13.8 Å². The minimum atomic E-state index is -0.227. The van der Waals surface area contributed by atoms with Gasteiger partial charge in [0.2, 0.25) is 5.91 Å². The molecule has 1 aromatic rings. The highest BCUT2D eigenvalue weighted by Gasteiger charge is 2.43. The van der Waals surface area contributed by atoms with Crippen LogP contribution in [0.15, 0.2) is 24.3 Å². The SMILES string of the molecule is CC1(C)COC(c2cccc(Cl)c2)CN1C(=O)C1CC1. The van der Waals surface area contributed by atoms with Gasteiger partial charge in [0.1, 0.15) is 6.10 Å². The van der Waals surface area contributed by atoms with E-state index in [4.69, 9.17) is 16.3 Å². The van der Waals surface area contributed by atoms with Crippen LogP contribution >= 0.6 is 11.6 Å². The van der Waals surface area contributed by atoms with Gasteiger partial charge < -0.3 is 9.64 Å². The Morgan fingerprint density at radius 1 is 1.40 bits per heavy atom. The molecule has 2 fully saturated rings. The summed E-state index contributed by atoms with van der Waals surface area (Å²) in [6.45, 7) is 5.31. The minimum absolute atomic E-state index is 0.0792. The Labute approximate surface area is 124 Å². The van der Waals surface area contributed by atoms with Crippen molar-refractivity contribution < 1.29 is 9.53 Å². The zero-order valence-electron chi connectivity index (χ0n) is 11.9. The Morgan fingerprint density at radius 2 is 2.15 bits per heavy atom. The molecule has 1 aliphatic heterocycles. The van der Waals surface area contributed by atoms with Crippen LogP contribution in [-0.4, -0.2) is 29.5 Å². The number of carbonyl (C=O) groups is 1. The Morgan fingerprint density at radius 3 is 2.80 bits per heavy atom. The van der Waals surface area contributed by atoms with Crippen LogP contribution < -0.4 is 0 Å². The molecule has 1 saturated heterocycles. The summed E-state index contributed by atoms with van der Waals surface area (Å²) < 4.78 is 5.96. The number of hydrogen-bond acceptors (Lipinski definition) is 2. The summed E-state index contributed by atoms with van der Waals surface area (Å²) in [7, 11) is 0. The van der Waals surface area contributed by atoms with E-state index in [0.29, 0.717) is 18.2 Å². The third-order valence-corrected chi connectivity index (χ3v) is 4.37. The minimum Gasteiger partial charge on any atom is -0.369 e. The molecule has 0 spiro atoms. The van der Waals surface area contributed by atoms with Gasteiger partial charge in [-0.25, -0.2) is 0 Å². The van der Waals surface area contributed by atoms with Crippen molar-refractivity contribution in [3.05, 3.63) is 34.9 Å². The lowest BCUT2D eigenvalue weighted by molar-refractivity contribution is -0.156. The molecule has 1 amide bonds. The highest BCUT2D eigenvalue weighted by Crippen LogP contribution is 2.37. The summed E-state index contributed by atoms with van der Waals surface area (Å²) in [6.07, 6.45) is 1.99. The number of ether oxygens (including phenoxy) is 1. The number of halogens is 1. The number of rotatable bonds is 2. The van der Waals surface area contributed by atoms with Gasteiger partial charge in [-0.05, 0) is 44.4 Å². The third-order valence-electron chi connectivity index (χ3n) is 4.13. The molecule has 3 nitrogen and oxygen atoms in total. The Balaban J connectivity index is 1.80. The fourth-order valence-electron chi connectivity index (χ4n) is 2.70. The summed E-state index contributed by atoms with van der Waals surface area (Å²) in [6, 6.07) is 7.71. The Kier molecular flexibility index (Phi) is 3.51. The molecule has 4 heteroatoms. The first-order chi connectivity index (χ1) is 9.47. The molecule has 0 radical (unpaired) electrons. The van der Waals surface area contributed by atoms with E-state index in [1.165, 1.54) is 0 Å². The first kappa shape index (κ1) is 13.9. The van der Waals surface area contributed by atoms with E-state index in [-0.39, 0.29) is 23.5 Å². The van der Waals surface area contributed by atoms with Crippen LogP contribution in [-0.2, 0) is 9.53 Å². The van der Waals surface area contributed by atoms with Crippen LogP contribution in [0.1, 0.15) is 38.4 Å². The van der Waals surface area contributed by atoms with Gasteiger partial charge in [-0.1, -0.05) is 23.7 Å². The summed E-state index contributed by atoms with van der Waals surface area (Å²) in [5.41, 5.74) is 0.816. The molecule has 1 aromatic carbocycles. The van der Waals surface area contributed by atoms with Gasteiger partial charge in [0.05, 0.1) is 18.7 Å². The summed E-state index contributed by atoms with van der Waals surface area (Å²) in [5, 5.41) is 0.705. The van der Waals surface area contributed by atoms with E-state index in [1.54, 1.807) is 0 Å². The van der Waals surface area contributed by atoms with Crippen LogP contribution in [0.4, 0.5) is 0 Å². The standard InChI is InChI=1S/C16H20ClNO2/c1-16(2)10-20-14(12-4-3-5-13(17)8-12)9-18(16)15(19)11-6-7-11/h3-5,8,11,14H,6-7,9-10H2,1-2H3. The maximum Gasteiger partial charge on any atom is 0.226 e. The Hall–Kier alpha value is -1.06. The maximum atomic E-state index is 12.5. The highest BCUT2D eigenvalue weighted by atomic mass is 35.5. The van der Waals surface area contributed by atoms with E-state index in [9.17, 15) is 4.79 Å². The average Bonchev–Trinajstić information content (AvgIpc) is 3.22. The zero-order chi connectivity index (χ0) is 14.3. The topological polar surface area (TPSA) is 29.5 Å². The van der Waals surface area contributed by atoms with Crippen molar-refractivity contribution >= 4 is 17.5 Å². The van der Waals surface area contributed by atoms with Gasteiger partial charge in [-0.3, -0.25) is 4.79 Å². The molecule has 3 rings (SSSR count). The lowest BCUT2D eigenvalue weighted by Crippen LogP contribution is -2.56. The second-order valence-electron chi connectivity index (χ2n) is 6.39. The fraction of sp³-hybridized carbons (Fsp3) is 0.562. The zero-order valence-corrected chi connectivity index (χ0v) is 12.7. The predicted molar refractivity (Wildman–Crippen MR) is 78.7 cm³/mol. The predicted octanol–water partition coefficient (Wildman–Crippen LogP) is 3.43. The van der Waals surface area contributed by atoms with Crippen LogP contribution in [0, 0.1) is 5.92 Å². The molecule has 1 unspecified atom stereocenters. The number of nitrogens with zero attached hydrogens (tertiary/aromatic N) is 1. The van der Waals surface area contributed by atoms with Gasteiger partial charge in [-0.2, -0.15) is 0 Å². The largest absolute Gasteiger partial charge is 0.369 e. The van der Waals surface area contributed by atoms with Crippen LogP contribution in [0.3, 0.4) is 0 Å². The average molecular weight is 294 g/mol. The van der Waals surface area contributed by atoms with Crippen LogP contribution in [0.25, 0.3) is 0 Å². The molecular formula is C16H20ClNO2. The van der Waals surface area contributed by atoms with Crippen molar-refractivity contribution in [3.8, 4) is 0 Å². The second-order valence-corrected chi connectivity index (χ2v) is 6.83. The van der Waals surface area contributed by atoms with E-state index >= 15 is 0 Å². The Bertz CT molecular complexity index is 525. The van der Waals surface area contributed by atoms with Crippen molar-refractivity contribution in [2.24, 2.45) is 5.92 Å². The molecule has 1 heterocycles. The quantitative estimate of drug-likeness (QED) is 0.836. The van der Waals surface area contributed by atoms with Crippen molar-refractivity contribution in [1.82, 2.24) is 4.90 Å². The number of hydrogen-bond donors (Lipinski definition) is 0. The molecule has 2 aliphatic rings. The summed E-state index contributed by atoms with van der Waals surface area (Å²) >= 11 is 6.04. The molecule has 1 atom stereocenters. The second kappa shape index (κ2) is 5.05. The molecule has 108 valence electrons. The van der Waals surface area contributed by atoms with Gasteiger partial charge in [-0.15, -0.1) is 0 Å². The molecule has 1 aliphatic carbocycles. The molecule has 20 heavy (non-hydrogen) atoms. The molecule has 1 saturated carbocycles. The van der Waals surface area contributed by atoms with Crippen molar-refractivity contribution in [2.75, 3.05) is 13.2 Å². The number of amides is 1. The van der Waals surface area contributed by atoms with Crippen molar-refractivity contribution in [1.29, 1.82) is 0 Å². The van der Waals surface area contributed by atoms with Crippen molar-refractivity contribution in [2.45, 2.75) is 38.3 Å². The van der Waals surface area contributed by atoms with E-state index < -0.39 is 0 Å².